The van der Waals surface area contributed by atoms with E-state index in [1.807, 2.05) is 0 Å². The van der Waals surface area contributed by atoms with Gasteiger partial charge < -0.3 is 10.5 Å². The number of rotatable bonds is 2. The summed E-state index contributed by atoms with van der Waals surface area (Å²) >= 11 is 0. The van der Waals surface area contributed by atoms with Crippen LogP contribution in [0, 0.1) is 5.92 Å². The Balaban J connectivity index is 2.45. The molecule has 12 heavy (non-hydrogen) atoms. The van der Waals surface area contributed by atoms with E-state index >= 15 is 0 Å². The zero-order valence-corrected chi connectivity index (χ0v) is 7.22. The first-order chi connectivity index (χ1) is 5.52. The Labute approximate surface area is 71.1 Å². The molecule has 0 aliphatic carbocycles. The molecule has 0 spiro atoms. The Hall–Kier alpha value is -0.220. The molecule has 0 aromatic carbocycles. The van der Waals surface area contributed by atoms with Crippen LogP contribution >= 0.6 is 0 Å². The molecule has 1 rings (SSSR count). The second-order valence-electron chi connectivity index (χ2n) is 3.46. The van der Waals surface area contributed by atoms with Crippen LogP contribution in [0.3, 0.4) is 0 Å². The molecule has 1 heterocycles. The monoisotopic (exact) mass is 179 g/mol. The van der Waals surface area contributed by atoms with E-state index in [0.29, 0.717) is 13.2 Å². The fourth-order valence-electron chi connectivity index (χ4n) is 1.46. The minimum atomic E-state index is -2.79. The summed E-state index contributed by atoms with van der Waals surface area (Å²) in [4.78, 5) is 0. The molecule has 72 valence electrons. The topological polar surface area (TPSA) is 35.2 Å². The van der Waals surface area contributed by atoms with Gasteiger partial charge in [0.15, 0.2) is 0 Å². The fourth-order valence-corrected chi connectivity index (χ4v) is 1.46. The second kappa shape index (κ2) is 3.66. The third-order valence-corrected chi connectivity index (χ3v) is 2.29. The number of nitrogens with two attached hydrogens (primary N) is 1. The van der Waals surface area contributed by atoms with Crippen molar-refractivity contribution in [3.63, 3.8) is 0 Å². The summed E-state index contributed by atoms with van der Waals surface area (Å²) in [5, 5.41) is 0. The van der Waals surface area contributed by atoms with E-state index in [1.54, 1.807) is 0 Å². The van der Waals surface area contributed by atoms with Crippen molar-refractivity contribution >= 4 is 0 Å². The molecule has 1 fully saturated rings. The molecule has 0 bridgehead atoms. The van der Waals surface area contributed by atoms with Crippen molar-refractivity contribution in [3.8, 4) is 0 Å². The van der Waals surface area contributed by atoms with Gasteiger partial charge in [-0.05, 0) is 12.8 Å². The smallest absolute Gasteiger partial charge is 0.260 e. The van der Waals surface area contributed by atoms with Crippen molar-refractivity contribution in [1.29, 1.82) is 0 Å². The lowest BCUT2D eigenvalue weighted by Gasteiger charge is -2.30. The average molecular weight is 179 g/mol. The van der Waals surface area contributed by atoms with Gasteiger partial charge in [0, 0.05) is 19.4 Å². The largest absolute Gasteiger partial charge is 0.381 e. The fraction of sp³-hybridized carbons (Fsp3) is 1.00. The molecule has 1 aliphatic heterocycles. The third kappa shape index (κ3) is 2.38. The molecule has 4 heteroatoms. The molecule has 0 radical (unpaired) electrons. The normalized spacial score (nSPS) is 28.5. The average Bonchev–Trinajstić information content (AvgIpc) is 2.03. The highest BCUT2D eigenvalue weighted by atomic mass is 19.3. The van der Waals surface area contributed by atoms with Crippen LogP contribution in [0.15, 0.2) is 0 Å². The van der Waals surface area contributed by atoms with Gasteiger partial charge in [0.2, 0.25) is 0 Å². The quantitative estimate of drug-likeness (QED) is 0.695. The van der Waals surface area contributed by atoms with Crippen LogP contribution in [-0.4, -0.2) is 25.2 Å². The first kappa shape index (κ1) is 9.86. The number of alkyl halides is 2. The lowest BCUT2D eigenvalue weighted by molar-refractivity contribution is -0.0547. The van der Waals surface area contributed by atoms with Gasteiger partial charge >= 0.3 is 0 Å². The molecule has 2 unspecified atom stereocenters. The van der Waals surface area contributed by atoms with E-state index in [1.165, 1.54) is 0 Å². The summed E-state index contributed by atoms with van der Waals surface area (Å²) in [6.07, 6.45) is 1.60. The maximum Gasteiger partial charge on any atom is 0.260 e. The van der Waals surface area contributed by atoms with Gasteiger partial charge in [-0.15, -0.1) is 0 Å². The Kier molecular flexibility index (Phi) is 3.01. The molecular formula is C8H15F2NO. The van der Waals surface area contributed by atoms with Crippen molar-refractivity contribution < 1.29 is 13.5 Å². The van der Waals surface area contributed by atoms with E-state index < -0.39 is 12.0 Å². The standard InChI is InChI=1S/C8H15F2NO/c1-8(9,10)7(11)6-3-2-4-12-5-6/h6-7H,2-5,11H2,1H3. The van der Waals surface area contributed by atoms with Crippen LogP contribution < -0.4 is 5.73 Å². The molecule has 0 aromatic heterocycles. The summed E-state index contributed by atoms with van der Waals surface area (Å²) in [5.41, 5.74) is 5.40. The van der Waals surface area contributed by atoms with Crippen LogP contribution in [0.25, 0.3) is 0 Å². The van der Waals surface area contributed by atoms with E-state index in [-0.39, 0.29) is 5.92 Å². The van der Waals surface area contributed by atoms with E-state index in [2.05, 4.69) is 0 Å². The zero-order valence-electron chi connectivity index (χ0n) is 7.22. The first-order valence-electron chi connectivity index (χ1n) is 4.23. The van der Waals surface area contributed by atoms with Crippen LogP contribution in [0.2, 0.25) is 0 Å². The van der Waals surface area contributed by atoms with E-state index in [4.69, 9.17) is 10.5 Å². The van der Waals surface area contributed by atoms with Gasteiger partial charge in [-0.2, -0.15) is 0 Å². The summed E-state index contributed by atoms with van der Waals surface area (Å²) in [6, 6.07) is -1.06. The van der Waals surface area contributed by atoms with Crippen molar-refractivity contribution in [2.45, 2.75) is 31.7 Å². The van der Waals surface area contributed by atoms with Gasteiger partial charge in [-0.1, -0.05) is 0 Å². The van der Waals surface area contributed by atoms with Crippen molar-refractivity contribution in [2.75, 3.05) is 13.2 Å². The second-order valence-corrected chi connectivity index (χ2v) is 3.46. The molecule has 2 atom stereocenters. The summed E-state index contributed by atoms with van der Waals surface area (Å²) in [5.74, 6) is -2.97. The SMILES string of the molecule is CC(F)(F)C(N)C1CCCOC1. The van der Waals surface area contributed by atoms with E-state index in [9.17, 15) is 8.78 Å². The van der Waals surface area contributed by atoms with Crippen molar-refractivity contribution in [1.82, 2.24) is 0 Å². The summed E-state index contributed by atoms with van der Waals surface area (Å²) in [6.45, 7) is 1.93. The number of hydrogen-bond acceptors (Lipinski definition) is 2. The van der Waals surface area contributed by atoms with Gasteiger partial charge in [-0.25, -0.2) is 8.78 Å². The number of hydrogen-bond donors (Lipinski definition) is 1. The molecule has 0 aromatic rings. The maximum atomic E-state index is 12.7. The molecule has 2 N–H and O–H groups in total. The Morgan fingerprint density at radius 2 is 2.25 bits per heavy atom. The highest BCUT2D eigenvalue weighted by molar-refractivity contribution is 4.84. The minimum Gasteiger partial charge on any atom is -0.381 e. The third-order valence-electron chi connectivity index (χ3n) is 2.29. The van der Waals surface area contributed by atoms with Crippen molar-refractivity contribution in [3.05, 3.63) is 0 Å². The van der Waals surface area contributed by atoms with Crippen LogP contribution in [0.1, 0.15) is 19.8 Å². The molecule has 1 aliphatic rings. The summed E-state index contributed by atoms with van der Waals surface area (Å²) in [7, 11) is 0. The lowest BCUT2D eigenvalue weighted by Crippen LogP contribution is -2.47. The lowest BCUT2D eigenvalue weighted by atomic mass is 9.91. The number of halogens is 2. The van der Waals surface area contributed by atoms with Crippen molar-refractivity contribution in [2.24, 2.45) is 11.7 Å². The minimum absolute atomic E-state index is 0.182. The Morgan fingerprint density at radius 1 is 1.58 bits per heavy atom. The van der Waals surface area contributed by atoms with Gasteiger partial charge in [0.1, 0.15) is 0 Å². The van der Waals surface area contributed by atoms with Crippen LogP contribution in [0.4, 0.5) is 8.78 Å². The highest BCUT2D eigenvalue weighted by Gasteiger charge is 2.37. The van der Waals surface area contributed by atoms with Crippen LogP contribution in [0.5, 0.6) is 0 Å². The molecule has 0 amide bonds. The van der Waals surface area contributed by atoms with Gasteiger partial charge in [0.05, 0.1) is 12.6 Å². The molecule has 2 nitrogen and oxygen atoms in total. The molecule has 1 saturated heterocycles. The number of ether oxygens (including phenoxy) is 1. The predicted molar refractivity (Wildman–Crippen MR) is 42.1 cm³/mol. The molecular weight excluding hydrogens is 164 g/mol. The Morgan fingerprint density at radius 3 is 2.67 bits per heavy atom. The van der Waals surface area contributed by atoms with Crippen LogP contribution in [-0.2, 0) is 4.74 Å². The predicted octanol–water partition coefficient (Wildman–Crippen LogP) is 1.40. The van der Waals surface area contributed by atoms with Gasteiger partial charge in [-0.3, -0.25) is 0 Å². The van der Waals surface area contributed by atoms with Gasteiger partial charge in [0.25, 0.3) is 5.92 Å². The highest BCUT2D eigenvalue weighted by Crippen LogP contribution is 2.26. The molecule has 0 saturated carbocycles. The van der Waals surface area contributed by atoms with E-state index in [0.717, 1.165) is 19.8 Å². The zero-order chi connectivity index (χ0) is 9.19. The maximum absolute atomic E-state index is 12.7. The summed E-state index contributed by atoms with van der Waals surface area (Å²) < 4.78 is 30.5. The Bertz CT molecular complexity index is 140. The first-order valence-corrected chi connectivity index (χ1v) is 4.23.